The highest BCUT2D eigenvalue weighted by Gasteiger charge is 2.31. The van der Waals surface area contributed by atoms with Crippen molar-refractivity contribution in [2.24, 2.45) is 5.73 Å². The van der Waals surface area contributed by atoms with E-state index in [2.05, 4.69) is 14.6 Å². The molecule has 1 saturated heterocycles. The van der Waals surface area contributed by atoms with Crippen LogP contribution in [0.4, 0.5) is 19.0 Å². The summed E-state index contributed by atoms with van der Waals surface area (Å²) in [6, 6.07) is 14.2. The van der Waals surface area contributed by atoms with Gasteiger partial charge in [-0.1, -0.05) is 24.3 Å². The van der Waals surface area contributed by atoms with E-state index in [0.717, 1.165) is 18.9 Å². The maximum Gasteiger partial charge on any atom is 0.573 e. The molecular formula is C24H22F3N3O3. The van der Waals surface area contributed by atoms with Crippen molar-refractivity contribution in [3.63, 3.8) is 0 Å². The van der Waals surface area contributed by atoms with Crippen LogP contribution in [0.5, 0.6) is 5.75 Å². The lowest BCUT2D eigenvalue weighted by molar-refractivity contribution is -0.274. The molecule has 33 heavy (non-hydrogen) atoms. The number of amides is 1. The summed E-state index contributed by atoms with van der Waals surface area (Å²) in [5.41, 5.74) is 8.39. The lowest BCUT2D eigenvalue weighted by Crippen LogP contribution is -2.41. The number of hydrogen-bond acceptors (Lipinski definition) is 5. The van der Waals surface area contributed by atoms with Crippen LogP contribution in [0.2, 0.25) is 0 Å². The molecule has 1 aliphatic rings. The molecule has 1 unspecified atom stereocenters. The van der Waals surface area contributed by atoms with Gasteiger partial charge in [-0.2, -0.15) is 0 Å². The normalized spacial score (nSPS) is 16.5. The van der Waals surface area contributed by atoms with E-state index >= 15 is 0 Å². The van der Waals surface area contributed by atoms with Gasteiger partial charge in [0.25, 0.3) is 0 Å². The quantitative estimate of drug-likeness (QED) is 0.604. The molecule has 0 radical (unpaired) electrons. The van der Waals surface area contributed by atoms with Gasteiger partial charge in [0.2, 0.25) is 5.91 Å². The Morgan fingerprint density at radius 2 is 1.85 bits per heavy atom. The second-order valence-corrected chi connectivity index (χ2v) is 7.70. The molecule has 0 spiro atoms. The average Bonchev–Trinajstić information content (AvgIpc) is 2.78. The SMILES string of the molecule is CC1CN(c2ccc(-c3c(C(N)=O)cccc3-c3ccc(OC(F)(F)F)cc3)cn2)CCO1. The van der Waals surface area contributed by atoms with Crippen molar-refractivity contribution in [2.45, 2.75) is 19.4 Å². The van der Waals surface area contributed by atoms with E-state index in [1.807, 2.05) is 19.1 Å². The fourth-order valence-corrected chi connectivity index (χ4v) is 3.89. The minimum absolute atomic E-state index is 0.103. The minimum Gasteiger partial charge on any atom is -0.406 e. The highest BCUT2D eigenvalue weighted by atomic mass is 19.4. The number of rotatable bonds is 5. The van der Waals surface area contributed by atoms with Crippen LogP contribution in [0, 0.1) is 0 Å². The average molecular weight is 457 g/mol. The summed E-state index contributed by atoms with van der Waals surface area (Å²) in [6.07, 6.45) is -3.00. The van der Waals surface area contributed by atoms with Gasteiger partial charge in [0.15, 0.2) is 0 Å². The number of halogens is 3. The summed E-state index contributed by atoms with van der Waals surface area (Å²) in [6.45, 7) is 4.07. The summed E-state index contributed by atoms with van der Waals surface area (Å²) in [5.74, 6) is -0.153. The predicted molar refractivity (Wildman–Crippen MR) is 118 cm³/mol. The van der Waals surface area contributed by atoms with Crippen LogP contribution >= 0.6 is 0 Å². The fraction of sp³-hybridized carbons (Fsp3) is 0.250. The van der Waals surface area contributed by atoms with Crippen molar-refractivity contribution in [3.05, 3.63) is 66.4 Å². The molecule has 2 N–H and O–H groups in total. The summed E-state index contributed by atoms with van der Waals surface area (Å²) in [7, 11) is 0. The first kappa shape index (κ1) is 22.6. The number of morpholine rings is 1. The molecule has 2 heterocycles. The van der Waals surface area contributed by atoms with E-state index in [9.17, 15) is 18.0 Å². The molecule has 9 heteroatoms. The Bertz CT molecular complexity index is 1130. The van der Waals surface area contributed by atoms with Crippen molar-refractivity contribution >= 4 is 11.7 Å². The van der Waals surface area contributed by atoms with E-state index in [4.69, 9.17) is 10.5 Å². The molecule has 0 aliphatic carbocycles. The summed E-state index contributed by atoms with van der Waals surface area (Å²) >= 11 is 0. The van der Waals surface area contributed by atoms with Crippen molar-refractivity contribution < 1.29 is 27.4 Å². The zero-order valence-electron chi connectivity index (χ0n) is 17.8. The first-order chi connectivity index (χ1) is 15.7. The molecule has 1 atom stereocenters. The molecule has 1 aliphatic heterocycles. The highest BCUT2D eigenvalue weighted by molar-refractivity contribution is 6.04. The van der Waals surface area contributed by atoms with E-state index in [-0.39, 0.29) is 17.4 Å². The monoisotopic (exact) mass is 457 g/mol. The van der Waals surface area contributed by atoms with Crippen LogP contribution in [-0.2, 0) is 4.74 Å². The van der Waals surface area contributed by atoms with Crippen molar-refractivity contribution in [2.75, 3.05) is 24.6 Å². The van der Waals surface area contributed by atoms with E-state index in [0.29, 0.717) is 28.9 Å². The second kappa shape index (κ2) is 9.11. The first-order valence-corrected chi connectivity index (χ1v) is 10.3. The molecule has 4 rings (SSSR count). The minimum atomic E-state index is -4.77. The molecular weight excluding hydrogens is 435 g/mol. The smallest absolute Gasteiger partial charge is 0.406 e. The number of hydrogen-bond donors (Lipinski definition) is 1. The fourth-order valence-electron chi connectivity index (χ4n) is 3.89. The molecule has 0 bridgehead atoms. The number of primary amides is 1. The van der Waals surface area contributed by atoms with E-state index < -0.39 is 12.3 Å². The summed E-state index contributed by atoms with van der Waals surface area (Å²) in [5, 5.41) is 0. The van der Waals surface area contributed by atoms with Gasteiger partial charge in [-0.3, -0.25) is 4.79 Å². The number of ether oxygens (including phenoxy) is 2. The van der Waals surface area contributed by atoms with Crippen LogP contribution in [0.3, 0.4) is 0 Å². The number of nitrogens with two attached hydrogens (primary N) is 1. The van der Waals surface area contributed by atoms with Crippen molar-refractivity contribution in [1.82, 2.24) is 4.98 Å². The standard InChI is InChI=1S/C24H22F3N3O3/c1-15-14-30(11-12-32-15)21-10-7-17(13-29-21)22-19(3-2-4-20(22)23(28)31)16-5-8-18(9-6-16)33-24(25,26)27/h2-10,13,15H,11-12,14H2,1H3,(H2,28,31). The van der Waals surface area contributed by atoms with Gasteiger partial charge in [0.1, 0.15) is 11.6 Å². The Balaban J connectivity index is 1.71. The van der Waals surface area contributed by atoms with Gasteiger partial charge < -0.3 is 20.1 Å². The number of pyridine rings is 1. The molecule has 1 amide bonds. The molecule has 2 aromatic carbocycles. The Kier molecular flexibility index (Phi) is 6.24. The van der Waals surface area contributed by atoms with E-state index in [1.165, 1.54) is 24.3 Å². The molecule has 172 valence electrons. The maximum atomic E-state index is 12.5. The Labute approximate surface area is 188 Å². The largest absolute Gasteiger partial charge is 0.573 e. The third-order valence-electron chi connectivity index (χ3n) is 5.33. The van der Waals surface area contributed by atoms with Gasteiger partial charge in [-0.15, -0.1) is 13.2 Å². The first-order valence-electron chi connectivity index (χ1n) is 10.3. The third-order valence-corrected chi connectivity index (χ3v) is 5.33. The van der Waals surface area contributed by atoms with Crippen LogP contribution < -0.4 is 15.4 Å². The molecule has 1 aromatic heterocycles. The van der Waals surface area contributed by atoms with Gasteiger partial charge in [0, 0.05) is 36.0 Å². The third kappa shape index (κ3) is 5.25. The number of anilines is 1. The highest BCUT2D eigenvalue weighted by Crippen LogP contribution is 2.36. The molecule has 3 aromatic rings. The van der Waals surface area contributed by atoms with Gasteiger partial charge in [-0.25, -0.2) is 4.98 Å². The van der Waals surface area contributed by atoms with Crippen LogP contribution in [0.1, 0.15) is 17.3 Å². The number of alkyl halides is 3. The summed E-state index contributed by atoms with van der Waals surface area (Å²) < 4.78 is 47.0. The van der Waals surface area contributed by atoms with Crippen LogP contribution in [0.15, 0.2) is 60.8 Å². The van der Waals surface area contributed by atoms with Gasteiger partial charge >= 0.3 is 6.36 Å². The lowest BCUT2D eigenvalue weighted by atomic mass is 9.91. The van der Waals surface area contributed by atoms with Gasteiger partial charge in [-0.05, 0) is 48.4 Å². The van der Waals surface area contributed by atoms with E-state index in [1.54, 1.807) is 24.4 Å². The lowest BCUT2D eigenvalue weighted by Gasteiger charge is -2.32. The van der Waals surface area contributed by atoms with Crippen LogP contribution in [-0.4, -0.2) is 43.1 Å². The second-order valence-electron chi connectivity index (χ2n) is 7.70. The number of carbonyl (C=O) groups excluding carboxylic acids is 1. The van der Waals surface area contributed by atoms with Gasteiger partial charge in [0.05, 0.1) is 12.7 Å². The molecule has 0 saturated carbocycles. The van der Waals surface area contributed by atoms with Crippen LogP contribution in [0.25, 0.3) is 22.3 Å². The zero-order chi connectivity index (χ0) is 23.6. The van der Waals surface area contributed by atoms with Crippen molar-refractivity contribution in [3.8, 4) is 28.0 Å². The number of nitrogens with zero attached hydrogens (tertiary/aromatic N) is 2. The Morgan fingerprint density at radius 3 is 2.45 bits per heavy atom. The molecule has 6 nitrogen and oxygen atoms in total. The molecule has 1 fully saturated rings. The van der Waals surface area contributed by atoms with Crippen molar-refractivity contribution in [1.29, 1.82) is 0 Å². The maximum absolute atomic E-state index is 12.5. The Morgan fingerprint density at radius 1 is 1.12 bits per heavy atom. The number of carbonyl (C=O) groups is 1. The topological polar surface area (TPSA) is 77.7 Å². The summed E-state index contributed by atoms with van der Waals surface area (Å²) in [4.78, 5) is 18.9. The predicted octanol–water partition coefficient (Wildman–Crippen LogP) is 4.64. The number of aromatic nitrogens is 1. The Hall–Kier alpha value is -3.59. The zero-order valence-corrected chi connectivity index (χ0v) is 17.8. The number of benzene rings is 2.